The van der Waals surface area contributed by atoms with Gasteiger partial charge in [-0.05, 0) is 23.1 Å². The predicted molar refractivity (Wildman–Crippen MR) is 104 cm³/mol. The number of esters is 1. The Kier molecular flexibility index (Phi) is 5.33. The second kappa shape index (κ2) is 7.53. The molecule has 2 aromatic rings. The van der Waals surface area contributed by atoms with E-state index in [2.05, 4.69) is 26.1 Å². The van der Waals surface area contributed by atoms with Crippen molar-refractivity contribution in [2.24, 2.45) is 5.41 Å². The van der Waals surface area contributed by atoms with Crippen LogP contribution in [0.15, 0.2) is 60.7 Å². The first-order valence-electron chi connectivity index (χ1n) is 9.13. The lowest BCUT2D eigenvalue weighted by molar-refractivity contribution is -0.131. The van der Waals surface area contributed by atoms with Crippen LogP contribution in [0.5, 0.6) is 0 Å². The molecule has 0 radical (unpaired) electrons. The number of rotatable bonds is 4. The van der Waals surface area contributed by atoms with E-state index in [1.807, 2.05) is 36.4 Å². The molecule has 3 unspecified atom stereocenters. The molecule has 5 heteroatoms. The van der Waals surface area contributed by atoms with E-state index in [0.29, 0.717) is 5.56 Å². The maximum atomic E-state index is 13.0. The summed E-state index contributed by atoms with van der Waals surface area (Å²) in [5.74, 6) is -0.523. The second-order valence-electron chi connectivity index (χ2n) is 7.96. The van der Waals surface area contributed by atoms with Gasteiger partial charge in [-0.3, -0.25) is 10.1 Å². The van der Waals surface area contributed by atoms with Gasteiger partial charge in [0.15, 0.2) is 6.10 Å². The highest BCUT2D eigenvalue weighted by molar-refractivity contribution is 5.90. The predicted octanol–water partition coefficient (Wildman–Crippen LogP) is 3.39. The van der Waals surface area contributed by atoms with E-state index >= 15 is 0 Å². The maximum Gasteiger partial charge on any atom is 0.338 e. The fourth-order valence-corrected chi connectivity index (χ4v) is 3.48. The number of nitrogens with zero attached hydrogens (tertiary/aromatic N) is 1. The van der Waals surface area contributed by atoms with E-state index in [0.717, 1.165) is 5.56 Å². The molecular weight excluding hydrogens is 340 g/mol. The first-order valence-corrected chi connectivity index (χ1v) is 9.13. The number of carbonyl (C=O) groups is 2. The fourth-order valence-electron chi connectivity index (χ4n) is 3.48. The Hall–Kier alpha value is -2.66. The van der Waals surface area contributed by atoms with Gasteiger partial charge in [0, 0.05) is 7.05 Å². The lowest BCUT2D eigenvalue weighted by atomic mass is 9.92. The summed E-state index contributed by atoms with van der Waals surface area (Å²) in [7, 11) is 1.78. The number of hydrogen-bond donors (Lipinski definition) is 1. The summed E-state index contributed by atoms with van der Waals surface area (Å²) in [5.41, 5.74) is 1.10. The van der Waals surface area contributed by atoms with Gasteiger partial charge in [-0.1, -0.05) is 69.3 Å². The molecule has 1 heterocycles. The van der Waals surface area contributed by atoms with Gasteiger partial charge in [-0.2, -0.15) is 0 Å². The van der Waals surface area contributed by atoms with Crippen molar-refractivity contribution in [1.82, 2.24) is 10.2 Å². The minimum absolute atomic E-state index is 0.0790. The molecule has 27 heavy (non-hydrogen) atoms. The zero-order chi connectivity index (χ0) is 19.6. The molecular formula is C22H26N2O3. The van der Waals surface area contributed by atoms with Gasteiger partial charge < -0.3 is 9.64 Å². The van der Waals surface area contributed by atoms with Crippen molar-refractivity contribution in [2.75, 3.05) is 7.05 Å². The van der Waals surface area contributed by atoms with Crippen LogP contribution in [-0.4, -0.2) is 36.0 Å². The molecule has 1 aliphatic rings. The third kappa shape index (κ3) is 4.03. The third-order valence-corrected chi connectivity index (χ3v) is 4.83. The molecule has 5 nitrogen and oxygen atoms in total. The number of nitrogens with one attached hydrogen (secondary N) is 1. The molecule has 142 valence electrons. The molecule has 1 N–H and O–H groups in total. The van der Waals surface area contributed by atoms with Gasteiger partial charge in [0.2, 0.25) is 5.91 Å². The summed E-state index contributed by atoms with van der Waals surface area (Å²) in [4.78, 5) is 27.3. The van der Waals surface area contributed by atoms with Crippen molar-refractivity contribution in [3.8, 4) is 0 Å². The largest absolute Gasteiger partial charge is 0.452 e. The summed E-state index contributed by atoms with van der Waals surface area (Å²) in [6, 6.07) is 17.6. The van der Waals surface area contributed by atoms with Gasteiger partial charge in [-0.25, -0.2) is 4.79 Å². The van der Waals surface area contributed by atoms with E-state index in [9.17, 15) is 9.59 Å². The van der Waals surface area contributed by atoms with Crippen molar-refractivity contribution in [3.05, 3.63) is 71.8 Å². The summed E-state index contributed by atoms with van der Waals surface area (Å²) in [5, 5.41) is 3.39. The highest BCUT2D eigenvalue weighted by Gasteiger charge is 2.47. The number of carbonyl (C=O) groups excluding carboxylic acids is 2. The number of likely N-dealkylation sites (N-methyl/N-ethyl adjacent to an activating group) is 1. The van der Waals surface area contributed by atoms with Crippen LogP contribution in [0.1, 0.15) is 42.8 Å². The monoisotopic (exact) mass is 366 g/mol. The van der Waals surface area contributed by atoms with Gasteiger partial charge >= 0.3 is 5.97 Å². The van der Waals surface area contributed by atoms with Crippen molar-refractivity contribution >= 4 is 11.9 Å². The highest BCUT2D eigenvalue weighted by Crippen LogP contribution is 2.33. The Morgan fingerprint density at radius 1 is 1.04 bits per heavy atom. The Morgan fingerprint density at radius 3 is 2.11 bits per heavy atom. The van der Waals surface area contributed by atoms with Gasteiger partial charge in [0.25, 0.3) is 0 Å². The highest BCUT2D eigenvalue weighted by atomic mass is 16.5. The van der Waals surface area contributed by atoms with Crippen molar-refractivity contribution < 1.29 is 14.3 Å². The molecule has 0 aliphatic carbocycles. The number of benzene rings is 2. The number of ether oxygens (including phenoxy) is 1. The van der Waals surface area contributed by atoms with E-state index in [-0.39, 0.29) is 17.5 Å². The van der Waals surface area contributed by atoms with E-state index in [1.165, 1.54) is 0 Å². The molecule has 0 spiro atoms. The first-order chi connectivity index (χ1) is 12.8. The van der Waals surface area contributed by atoms with Crippen LogP contribution in [0.2, 0.25) is 0 Å². The number of hydrogen-bond acceptors (Lipinski definition) is 4. The van der Waals surface area contributed by atoms with Crippen molar-refractivity contribution in [3.63, 3.8) is 0 Å². The van der Waals surface area contributed by atoms with E-state index in [4.69, 9.17) is 4.74 Å². The quantitative estimate of drug-likeness (QED) is 0.843. The Bertz CT molecular complexity index is 799. The standard InChI is InChI=1S/C22H26N2O3/c1-22(2,3)21-23-17(19(25)24(21)4)18(15-11-7-5-8-12-15)27-20(26)16-13-9-6-10-14-16/h5-14,17-18,21,23H,1-4H3. The molecule has 0 saturated carbocycles. The minimum atomic E-state index is -0.707. The Morgan fingerprint density at radius 2 is 1.59 bits per heavy atom. The van der Waals surface area contributed by atoms with Crippen LogP contribution < -0.4 is 5.32 Å². The molecule has 3 rings (SSSR count). The normalized spacial score (nSPS) is 21.2. The van der Waals surface area contributed by atoms with Crippen LogP contribution in [0.4, 0.5) is 0 Å². The zero-order valence-corrected chi connectivity index (χ0v) is 16.2. The Balaban J connectivity index is 1.92. The lowest BCUT2D eigenvalue weighted by Gasteiger charge is -2.32. The topological polar surface area (TPSA) is 58.6 Å². The molecule has 0 aromatic heterocycles. The molecule has 2 aromatic carbocycles. The molecule has 3 atom stereocenters. The average molecular weight is 366 g/mol. The van der Waals surface area contributed by atoms with Crippen LogP contribution in [0.3, 0.4) is 0 Å². The molecule has 1 amide bonds. The zero-order valence-electron chi connectivity index (χ0n) is 16.2. The maximum absolute atomic E-state index is 13.0. The van der Waals surface area contributed by atoms with Crippen molar-refractivity contribution in [2.45, 2.75) is 39.1 Å². The SMILES string of the molecule is CN1C(=O)C(C(OC(=O)c2ccccc2)c2ccccc2)NC1C(C)(C)C. The second-order valence-corrected chi connectivity index (χ2v) is 7.96. The van der Waals surface area contributed by atoms with Crippen LogP contribution >= 0.6 is 0 Å². The van der Waals surface area contributed by atoms with E-state index < -0.39 is 18.1 Å². The summed E-state index contributed by atoms with van der Waals surface area (Å²) in [6.45, 7) is 6.22. The van der Waals surface area contributed by atoms with Gasteiger partial charge in [-0.15, -0.1) is 0 Å². The fraction of sp³-hybridized carbons (Fsp3) is 0.364. The van der Waals surface area contributed by atoms with Gasteiger partial charge in [0.05, 0.1) is 11.7 Å². The lowest BCUT2D eigenvalue weighted by Crippen LogP contribution is -2.46. The third-order valence-electron chi connectivity index (χ3n) is 4.83. The summed E-state index contributed by atoms with van der Waals surface area (Å²) < 4.78 is 5.84. The van der Waals surface area contributed by atoms with Crippen LogP contribution in [-0.2, 0) is 9.53 Å². The van der Waals surface area contributed by atoms with Crippen LogP contribution in [0, 0.1) is 5.41 Å². The first kappa shape index (κ1) is 19.1. The van der Waals surface area contributed by atoms with Crippen LogP contribution in [0.25, 0.3) is 0 Å². The molecule has 1 fully saturated rings. The van der Waals surface area contributed by atoms with Crippen molar-refractivity contribution in [1.29, 1.82) is 0 Å². The van der Waals surface area contributed by atoms with Gasteiger partial charge in [0.1, 0.15) is 6.04 Å². The minimum Gasteiger partial charge on any atom is -0.452 e. The smallest absolute Gasteiger partial charge is 0.338 e. The summed E-state index contributed by atoms with van der Waals surface area (Å²) in [6.07, 6.45) is -0.849. The Labute approximate surface area is 160 Å². The molecule has 0 bridgehead atoms. The average Bonchev–Trinajstić information content (AvgIpc) is 2.96. The van der Waals surface area contributed by atoms with E-state index in [1.54, 1.807) is 36.2 Å². The number of amides is 1. The molecule has 1 aliphatic heterocycles. The molecule has 1 saturated heterocycles. The summed E-state index contributed by atoms with van der Waals surface area (Å²) >= 11 is 0.